The van der Waals surface area contributed by atoms with Gasteiger partial charge in [0.05, 0.1) is 34.5 Å². The van der Waals surface area contributed by atoms with Gasteiger partial charge in [0.2, 0.25) is 0 Å². The van der Waals surface area contributed by atoms with E-state index >= 15 is 0 Å². The minimum Gasteiger partial charge on any atom is -0.483 e. The van der Waals surface area contributed by atoms with E-state index in [-0.39, 0.29) is 22.6 Å². The van der Waals surface area contributed by atoms with Gasteiger partial charge >= 0.3 is 12.4 Å². The first-order chi connectivity index (χ1) is 13.9. The summed E-state index contributed by atoms with van der Waals surface area (Å²) in [6.45, 7) is 0.114. The molecule has 0 spiro atoms. The quantitative estimate of drug-likeness (QED) is 0.586. The van der Waals surface area contributed by atoms with Gasteiger partial charge in [0.25, 0.3) is 5.91 Å². The number of fused-ring (bicyclic) bond motifs is 1. The Labute approximate surface area is 165 Å². The van der Waals surface area contributed by atoms with E-state index in [2.05, 4.69) is 25.0 Å². The molecule has 0 bridgehead atoms. The van der Waals surface area contributed by atoms with Crippen LogP contribution in [0.25, 0.3) is 11.0 Å². The Bertz CT molecular complexity index is 1040. The zero-order chi connectivity index (χ0) is 22.1. The lowest BCUT2D eigenvalue weighted by Crippen LogP contribution is -2.28. The summed E-state index contributed by atoms with van der Waals surface area (Å²) in [5.41, 5.74) is -0.325. The second-order valence-electron chi connectivity index (χ2n) is 6.33. The van der Waals surface area contributed by atoms with Crippen molar-refractivity contribution in [2.45, 2.75) is 25.3 Å². The highest BCUT2D eigenvalue weighted by Crippen LogP contribution is 2.31. The molecule has 0 aliphatic heterocycles. The lowest BCUT2D eigenvalue weighted by Gasteiger charge is -2.13. The first kappa shape index (κ1) is 21.4. The topological polar surface area (TPSA) is 79.9 Å². The molecule has 1 amide bonds. The van der Waals surface area contributed by atoms with Crippen molar-refractivity contribution in [3.63, 3.8) is 0 Å². The van der Waals surface area contributed by atoms with Gasteiger partial charge in [-0.3, -0.25) is 9.78 Å². The van der Waals surface area contributed by atoms with Crippen LogP contribution < -0.4 is 10.1 Å². The van der Waals surface area contributed by atoms with Gasteiger partial charge in [0, 0.05) is 0 Å². The summed E-state index contributed by atoms with van der Waals surface area (Å²) in [6.07, 6.45) is -7.93. The van der Waals surface area contributed by atoms with Crippen molar-refractivity contribution in [3.05, 3.63) is 53.6 Å². The number of hydrogen-bond donors (Lipinski definition) is 2. The summed E-state index contributed by atoms with van der Waals surface area (Å²) < 4.78 is 79.4. The number of benzene rings is 1. The molecule has 2 heterocycles. The number of hydrogen-bond acceptors (Lipinski definition) is 4. The standard InChI is InChI=1S/C18H14F6N4O2/c1-9(12-5-3-11(7-25-12)30-8-17(19,20)21)26-16(29)15-27-13-4-2-10(18(22,23)24)6-14(13)28-15/h2-7,9H,8H2,1H3,(H,26,29)(H,27,28). The molecule has 0 saturated carbocycles. The number of carbonyl (C=O) groups excluding carboxylic acids is 1. The Morgan fingerprint density at radius 2 is 1.90 bits per heavy atom. The van der Waals surface area contributed by atoms with Gasteiger partial charge < -0.3 is 15.0 Å². The Hall–Kier alpha value is -3.31. The summed E-state index contributed by atoms with van der Waals surface area (Å²) >= 11 is 0. The van der Waals surface area contributed by atoms with Crippen LogP contribution in [0.3, 0.4) is 0 Å². The smallest absolute Gasteiger partial charge is 0.422 e. The summed E-state index contributed by atoms with van der Waals surface area (Å²) in [5, 5.41) is 2.56. The first-order valence-electron chi connectivity index (χ1n) is 8.46. The zero-order valence-electron chi connectivity index (χ0n) is 15.2. The molecule has 0 radical (unpaired) electrons. The third-order valence-corrected chi connectivity index (χ3v) is 3.98. The van der Waals surface area contributed by atoms with Crippen molar-refractivity contribution in [2.24, 2.45) is 0 Å². The van der Waals surface area contributed by atoms with Gasteiger partial charge in [-0.1, -0.05) is 0 Å². The molecule has 6 nitrogen and oxygen atoms in total. The molecule has 3 rings (SSSR count). The molecule has 0 fully saturated rings. The lowest BCUT2D eigenvalue weighted by atomic mass is 10.2. The number of nitrogens with one attached hydrogen (secondary N) is 2. The number of H-pyrrole nitrogens is 1. The van der Waals surface area contributed by atoms with Crippen LogP contribution in [0.2, 0.25) is 0 Å². The largest absolute Gasteiger partial charge is 0.483 e. The molecule has 160 valence electrons. The minimum atomic E-state index is -4.54. The fourth-order valence-corrected chi connectivity index (χ4v) is 2.53. The molecule has 0 saturated heterocycles. The van der Waals surface area contributed by atoms with Crippen LogP contribution in [0, 0.1) is 0 Å². The number of imidazole rings is 1. The van der Waals surface area contributed by atoms with Crippen molar-refractivity contribution in [3.8, 4) is 5.75 Å². The van der Waals surface area contributed by atoms with Crippen LogP contribution in [0.15, 0.2) is 36.5 Å². The number of ether oxygens (including phenoxy) is 1. The monoisotopic (exact) mass is 432 g/mol. The molecule has 0 aliphatic carbocycles. The molecule has 30 heavy (non-hydrogen) atoms. The maximum atomic E-state index is 12.8. The van der Waals surface area contributed by atoms with E-state index in [0.29, 0.717) is 5.69 Å². The van der Waals surface area contributed by atoms with Crippen LogP contribution in [0.1, 0.15) is 34.8 Å². The summed E-state index contributed by atoms with van der Waals surface area (Å²) in [4.78, 5) is 22.8. The Morgan fingerprint density at radius 3 is 2.50 bits per heavy atom. The Morgan fingerprint density at radius 1 is 1.17 bits per heavy atom. The fourth-order valence-electron chi connectivity index (χ4n) is 2.53. The lowest BCUT2D eigenvalue weighted by molar-refractivity contribution is -0.153. The van der Waals surface area contributed by atoms with Crippen LogP contribution in [0.4, 0.5) is 26.3 Å². The molecule has 2 aromatic heterocycles. The predicted molar refractivity (Wildman–Crippen MR) is 92.8 cm³/mol. The zero-order valence-corrected chi connectivity index (χ0v) is 15.2. The van der Waals surface area contributed by atoms with E-state index in [1.807, 2.05) is 0 Å². The maximum absolute atomic E-state index is 12.8. The van der Waals surface area contributed by atoms with Crippen molar-refractivity contribution in [1.82, 2.24) is 20.3 Å². The molecule has 1 aromatic carbocycles. The number of rotatable bonds is 5. The number of alkyl halides is 6. The van der Waals surface area contributed by atoms with Crippen LogP contribution in [0.5, 0.6) is 5.75 Å². The number of aromatic nitrogens is 3. The molecular formula is C18H14F6N4O2. The van der Waals surface area contributed by atoms with Gasteiger partial charge in [-0.15, -0.1) is 0 Å². The Balaban J connectivity index is 1.68. The maximum Gasteiger partial charge on any atom is 0.422 e. The predicted octanol–water partition coefficient (Wildman–Crippen LogP) is 4.41. The molecule has 0 aliphatic rings. The number of nitrogens with zero attached hydrogens (tertiary/aromatic N) is 2. The van der Waals surface area contributed by atoms with Gasteiger partial charge in [-0.05, 0) is 37.3 Å². The molecule has 12 heteroatoms. The van der Waals surface area contributed by atoms with Gasteiger partial charge in [0.15, 0.2) is 12.4 Å². The van der Waals surface area contributed by atoms with E-state index in [4.69, 9.17) is 0 Å². The van der Waals surface area contributed by atoms with E-state index < -0.39 is 36.5 Å². The third kappa shape index (κ3) is 5.19. The minimum absolute atomic E-state index is 0.0214. The van der Waals surface area contributed by atoms with Crippen molar-refractivity contribution < 1.29 is 35.9 Å². The van der Waals surface area contributed by atoms with Crippen LogP contribution in [-0.2, 0) is 6.18 Å². The van der Waals surface area contributed by atoms with Crippen LogP contribution in [-0.4, -0.2) is 33.6 Å². The Kier molecular flexibility index (Phi) is 5.59. The van der Waals surface area contributed by atoms with Gasteiger partial charge in [-0.25, -0.2) is 4.98 Å². The van der Waals surface area contributed by atoms with Crippen molar-refractivity contribution >= 4 is 16.9 Å². The highest BCUT2D eigenvalue weighted by molar-refractivity contribution is 5.94. The average molecular weight is 432 g/mol. The summed E-state index contributed by atoms with van der Waals surface area (Å²) in [5.74, 6) is -0.972. The average Bonchev–Trinajstić information content (AvgIpc) is 3.09. The van der Waals surface area contributed by atoms with Crippen molar-refractivity contribution in [2.75, 3.05) is 6.61 Å². The number of amides is 1. The number of aromatic amines is 1. The second kappa shape index (κ2) is 7.84. The second-order valence-corrected chi connectivity index (χ2v) is 6.33. The van der Waals surface area contributed by atoms with E-state index in [1.165, 1.54) is 18.2 Å². The summed E-state index contributed by atoms with van der Waals surface area (Å²) in [7, 11) is 0. The normalized spacial score (nSPS) is 13.3. The van der Waals surface area contributed by atoms with Crippen LogP contribution >= 0.6 is 0 Å². The SMILES string of the molecule is CC(NC(=O)c1nc2cc(C(F)(F)F)ccc2[nH]1)c1ccc(OCC(F)(F)F)cn1. The molecular weight excluding hydrogens is 418 g/mol. The number of carbonyl (C=O) groups is 1. The van der Waals surface area contributed by atoms with E-state index in [1.54, 1.807) is 6.92 Å². The first-order valence-corrected chi connectivity index (χ1v) is 8.46. The summed E-state index contributed by atoms with van der Waals surface area (Å²) in [6, 6.07) is 4.87. The number of halogens is 6. The van der Waals surface area contributed by atoms with Gasteiger partial charge in [-0.2, -0.15) is 26.3 Å². The van der Waals surface area contributed by atoms with Gasteiger partial charge in [0.1, 0.15) is 5.75 Å². The third-order valence-electron chi connectivity index (χ3n) is 3.98. The highest BCUT2D eigenvalue weighted by Gasteiger charge is 2.31. The molecule has 1 unspecified atom stereocenters. The molecule has 1 atom stereocenters. The molecule has 3 aromatic rings. The molecule has 2 N–H and O–H groups in total. The highest BCUT2D eigenvalue weighted by atomic mass is 19.4. The van der Waals surface area contributed by atoms with E-state index in [9.17, 15) is 31.1 Å². The number of pyridine rings is 1. The van der Waals surface area contributed by atoms with E-state index in [0.717, 1.165) is 18.3 Å². The fraction of sp³-hybridized carbons (Fsp3) is 0.278. The van der Waals surface area contributed by atoms with Crippen molar-refractivity contribution in [1.29, 1.82) is 0 Å².